The van der Waals surface area contributed by atoms with Crippen molar-refractivity contribution in [3.8, 4) is 0 Å². The number of carbonyl (C=O) groups excluding carboxylic acids is 1. The average Bonchev–Trinajstić information content (AvgIpc) is 2.91. The molecule has 2 aliphatic heterocycles. The van der Waals surface area contributed by atoms with E-state index in [1.807, 2.05) is 0 Å². The van der Waals surface area contributed by atoms with Crippen LogP contribution in [0.5, 0.6) is 0 Å². The molecule has 2 saturated carbocycles. The van der Waals surface area contributed by atoms with Crippen LogP contribution < -0.4 is 5.32 Å². The lowest BCUT2D eigenvalue weighted by molar-refractivity contribution is -0.139. The third-order valence-electron chi connectivity index (χ3n) is 6.23. The fourth-order valence-corrected chi connectivity index (χ4v) is 5.15. The molecule has 4 aliphatic rings. The van der Waals surface area contributed by atoms with Crippen molar-refractivity contribution in [1.29, 1.82) is 0 Å². The van der Waals surface area contributed by atoms with Crippen molar-refractivity contribution >= 4 is 5.91 Å². The Morgan fingerprint density at radius 2 is 1.70 bits per heavy atom. The van der Waals surface area contributed by atoms with E-state index < -0.39 is 0 Å². The SMILES string of the molecule is CCCN(C(=O)C1CC2CC2C1)C1CC2CCC(C1)N2. The molecule has 0 aromatic rings. The van der Waals surface area contributed by atoms with Gasteiger partial charge in [-0.3, -0.25) is 4.79 Å². The smallest absolute Gasteiger partial charge is 0.225 e. The normalized spacial score (nSPS) is 45.2. The Morgan fingerprint density at radius 3 is 2.30 bits per heavy atom. The minimum absolute atomic E-state index is 0.373. The number of nitrogens with one attached hydrogen (secondary N) is 1. The molecule has 20 heavy (non-hydrogen) atoms. The molecular weight excluding hydrogens is 248 g/mol. The number of amides is 1. The van der Waals surface area contributed by atoms with E-state index in [1.165, 1.54) is 44.9 Å². The van der Waals surface area contributed by atoms with E-state index in [-0.39, 0.29) is 0 Å². The maximum absolute atomic E-state index is 12.9. The quantitative estimate of drug-likeness (QED) is 0.856. The minimum Gasteiger partial charge on any atom is -0.339 e. The van der Waals surface area contributed by atoms with Crippen LogP contribution in [0.15, 0.2) is 0 Å². The van der Waals surface area contributed by atoms with Crippen molar-refractivity contribution in [3.63, 3.8) is 0 Å². The third kappa shape index (κ3) is 2.28. The second-order valence-corrected chi connectivity index (χ2v) is 7.72. The van der Waals surface area contributed by atoms with Crippen molar-refractivity contribution in [2.24, 2.45) is 17.8 Å². The Balaban J connectivity index is 1.44. The number of nitrogens with zero attached hydrogens (tertiary/aromatic N) is 1. The predicted molar refractivity (Wildman–Crippen MR) is 79.3 cm³/mol. The van der Waals surface area contributed by atoms with Gasteiger partial charge in [-0.2, -0.15) is 0 Å². The zero-order chi connectivity index (χ0) is 13.7. The lowest BCUT2D eigenvalue weighted by Gasteiger charge is -2.39. The summed E-state index contributed by atoms with van der Waals surface area (Å²) in [4.78, 5) is 15.2. The fraction of sp³-hybridized carbons (Fsp3) is 0.941. The Kier molecular flexibility index (Phi) is 3.29. The average molecular weight is 276 g/mol. The van der Waals surface area contributed by atoms with Crippen molar-refractivity contribution in [1.82, 2.24) is 10.2 Å². The molecular formula is C17H28N2O. The molecule has 0 radical (unpaired) electrons. The highest BCUT2D eigenvalue weighted by Crippen LogP contribution is 2.54. The summed E-state index contributed by atoms with van der Waals surface area (Å²) in [5.74, 6) is 2.71. The van der Waals surface area contributed by atoms with Crippen molar-refractivity contribution in [2.75, 3.05) is 6.54 Å². The van der Waals surface area contributed by atoms with Gasteiger partial charge < -0.3 is 10.2 Å². The fourth-order valence-electron chi connectivity index (χ4n) is 5.15. The second kappa shape index (κ2) is 5.01. The molecule has 0 aromatic heterocycles. The summed E-state index contributed by atoms with van der Waals surface area (Å²) in [7, 11) is 0. The summed E-state index contributed by atoms with van der Waals surface area (Å²) in [5.41, 5.74) is 0. The number of carbonyl (C=O) groups is 1. The highest BCUT2D eigenvalue weighted by atomic mass is 16.2. The molecule has 2 saturated heterocycles. The van der Waals surface area contributed by atoms with Gasteiger partial charge in [-0.25, -0.2) is 0 Å². The molecule has 4 atom stereocenters. The molecule has 1 amide bonds. The molecule has 4 fully saturated rings. The lowest BCUT2D eigenvalue weighted by Crippen LogP contribution is -2.51. The van der Waals surface area contributed by atoms with Gasteiger partial charge in [0, 0.05) is 30.6 Å². The van der Waals surface area contributed by atoms with Crippen molar-refractivity contribution in [2.45, 2.75) is 76.4 Å². The zero-order valence-corrected chi connectivity index (χ0v) is 12.7. The van der Waals surface area contributed by atoms with Gasteiger partial charge in [0.2, 0.25) is 5.91 Å². The molecule has 2 heterocycles. The number of hydrogen-bond donors (Lipinski definition) is 1. The number of rotatable bonds is 4. The van der Waals surface area contributed by atoms with E-state index in [0.717, 1.165) is 24.8 Å². The summed E-state index contributed by atoms with van der Waals surface area (Å²) in [6.07, 6.45) is 9.94. The van der Waals surface area contributed by atoms with E-state index in [1.54, 1.807) is 0 Å². The molecule has 0 aromatic carbocycles. The van der Waals surface area contributed by atoms with Gasteiger partial charge in [-0.1, -0.05) is 6.92 Å². The van der Waals surface area contributed by atoms with E-state index in [2.05, 4.69) is 17.1 Å². The molecule has 2 aliphatic carbocycles. The predicted octanol–water partition coefficient (Wildman–Crippen LogP) is 2.55. The summed E-state index contributed by atoms with van der Waals surface area (Å²) in [5, 5.41) is 3.70. The molecule has 4 unspecified atom stereocenters. The van der Waals surface area contributed by atoms with E-state index in [0.29, 0.717) is 30.0 Å². The number of hydrogen-bond acceptors (Lipinski definition) is 2. The Morgan fingerprint density at radius 1 is 1.05 bits per heavy atom. The van der Waals surface area contributed by atoms with Crippen molar-refractivity contribution in [3.05, 3.63) is 0 Å². The van der Waals surface area contributed by atoms with Gasteiger partial charge in [0.15, 0.2) is 0 Å². The van der Waals surface area contributed by atoms with Crippen LogP contribution in [0, 0.1) is 17.8 Å². The number of piperidine rings is 1. The van der Waals surface area contributed by atoms with Gasteiger partial charge in [-0.15, -0.1) is 0 Å². The first-order valence-electron chi connectivity index (χ1n) is 8.81. The first-order valence-corrected chi connectivity index (χ1v) is 8.81. The van der Waals surface area contributed by atoms with Crippen LogP contribution in [0.3, 0.4) is 0 Å². The van der Waals surface area contributed by atoms with Gasteiger partial charge in [-0.05, 0) is 63.2 Å². The highest BCUT2D eigenvalue weighted by molar-refractivity contribution is 5.79. The van der Waals surface area contributed by atoms with Gasteiger partial charge in [0.25, 0.3) is 0 Å². The third-order valence-corrected chi connectivity index (χ3v) is 6.23. The van der Waals surface area contributed by atoms with Gasteiger partial charge >= 0.3 is 0 Å². The summed E-state index contributed by atoms with van der Waals surface area (Å²) < 4.78 is 0. The van der Waals surface area contributed by atoms with Crippen molar-refractivity contribution < 1.29 is 4.79 Å². The maximum atomic E-state index is 12.9. The van der Waals surface area contributed by atoms with Crippen LogP contribution in [0.2, 0.25) is 0 Å². The van der Waals surface area contributed by atoms with Crippen LogP contribution in [-0.2, 0) is 4.79 Å². The molecule has 2 bridgehead atoms. The highest BCUT2D eigenvalue weighted by Gasteiger charge is 2.49. The first kappa shape index (κ1) is 13.1. The summed E-state index contributed by atoms with van der Waals surface area (Å²) in [6.45, 7) is 3.19. The molecule has 4 rings (SSSR count). The first-order chi connectivity index (χ1) is 9.74. The van der Waals surface area contributed by atoms with Crippen LogP contribution in [0.25, 0.3) is 0 Å². The second-order valence-electron chi connectivity index (χ2n) is 7.72. The monoisotopic (exact) mass is 276 g/mol. The van der Waals surface area contributed by atoms with Gasteiger partial charge in [0.05, 0.1) is 0 Å². The maximum Gasteiger partial charge on any atom is 0.225 e. The van der Waals surface area contributed by atoms with Crippen LogP contribution in [-0.4, -0.2) is 35.5 Å². The van der Waals surface area contributed by atoms with E-state index in [4.69, 9.17) is 0 Å². The minimum atomic E-state index is 0.373. The largest absolute Gasteiger partial charge is 0.339 e. The summed E-state index contributed by atoms with van der Waals surface area (Å²) >= 11 is 0. The zero-order valence-electron chi connectivity index (χ0n) is 12.7. The van der Waals surface area contributed by atoms with E-state index >= 15 is 0 Å². The van der Waals surface area contributed by atoms with Crippen LogP contribution in [0.4, 0.5) is 0 Å². The van der Waals surface area contributed by atoms with Gasteiger partial charge in [0.1, 0.15) is 0 Å². The van der Waals surface area contributed by atoms with Crippen LogP contribution in [0.1, 0.15) is 58.3 Å². The van der Waals surface area contributed by atoms with E-state index in [9.17, 15) is 4.79 Å². The molecule has 1 N–H and O–H groups in total. The topological polar surface area (TPSA) is 32.3 Å². The molecule has 112 valence electrons. The Bertz CT molecular complexity index is 374. The molecule has 3 nitrogen and oxygen atoms in total. The summed E-state index contributed by atoms with van der Waals surface area (Å²) in [6, 6.07) is 1.89. The standard InChI is InChI=1S/C17H28N2O/c1-2-5-19(16-9-14-3-4-15(10-16)18-14)17(20)13-7-11-6-12(11)8-13/h11-16,18H,2-10H2,1H3. The Labute approximate surface area is 122 Å². The van der Waals surface area contributed by atoms with Crippen LogP contribution >= 0.6 is 0 Å². The Hall–Kier alpha value is -0.570. The molecule has 3 heteroatoms. The number of fused-ring (bicyclic) bond motifs is 3. The lowest BCUT2D eigenvalue weighted by atomic mass is 9.94. The molecule has 0 spiro atoms.